The van der Waals surface area contributed by atoms with Crippen LogP contribution in [0.4, 0.5) is 0 Å². The van der Waals surface area contributed by atoms with Crippen molar-refractivity contribution in [3.05, 3.63) is 71.0 Å². The molecule has 26 heavy (non-hydrogen) atoms. The molecular formula is C21H18N4O. The molecule has 4 rings (SSSR count). The second-order valence-electron chi connectivity index (χ2n) is 6.57. The van der Waals surface area contributed by atoms with E-state index >= 15 is 0 Å². The van der Waals surface area contributed by atoms with Crippen molar-refractivity contribution < 1.29 is 4.79 Å². The van der Waals surface area contributed by atoms with Gasteiger partial charge in [0.05, 0.1) is 6.07 Å². The van der Waals surface area contributed by atoms with Crippen molar-refractivity contribution >= 4 is 5.78 Å². The van der Waals surface area contributed by atoms with Crippen LogP contribution >= 0.6 is 0 Å². The van der Waals surface area contributed by atoms with E-state index in [4.69, 9.17) is 0 Å². The molecule has 5 heteroatoms. The zero-order chi connectivity index (χ0) is 18.1. The summed E-state index contributed by atoms with van der Waals surface area (Å²) in [6, 6.07) is 17.5. The summed E-state index contributed by atoms with van der Waals surface area (Å²) in [5.41, 5.74) is 3.99. The van der Waals surface area contributed by atoms with Gasteiger partial charge in [-0.25, -0.2) is 0 Å². The molecule has 0 spiro atoms. The molecule has 1 aromatic heterocycles. The third kappa shape index (κ3) is 2.70. The number of benzene rings is 2. The smallest absolute Gasteiger partial charge is 0.187 e. The molecule has 1 aliphatic carbocycles. The van der Waals surface area contributed by atoms with Gasteiger partial charge in [-0.2, -0.15) is 5.26 Å². The highest BCUT2D eigenvalue weighted by Crippen LogP contribution is 2.27. The second-order valence-corrected chi connectivity index (χ2v) is 6.57. The zero-order valence-corrected chi connectivity index (χ0v) is 14.5. The number of nitriles is 1. The van der Waals surface area contributed by atoms with Crippen molar-refractivity contribution in [2.75, 3.05) is 0 Å². The van der Waals surface area contributed by atoms with Gasteiger partial charge in [-0.1, -0.05) is 42.5 Å². The van der Waals surface area contributed by atoms with Crippen molar-refractivity contribution in [2.45, 2.75) is 25.2 Å². The van der Waals surface area contributed by atoms with Crippen LogP contribution in [0.3, 0.4) is 0 Å². The van der Waals surface area contributed by atoms with Gasteiger partial charge in [0.15, 0.2) is 23.3 Å². The number of hydrogen-bond donors (Lipinski definition) is 0. The van der Waals surface area contributed by atoms with Crippen LogP contribution in [0.1, 0.15) is 39.6 Å². The normalized spacial score (nSPS) is 13.8. The fourth-order valence-electron chi connectivity index (χ4n) is 3.56. The van der Waals surface area contributed by atoms with Gasteiger partial charge in [0, 0.05) is 18.2 Å². The van der Waals surface area contributed by atoms with Crippen LogP contribution in [0, 0.1) is 11.3 Å². The molecule has 0 bridgehead atoms. The Balaban J connectivity index is 1.69. The predicted octanol–water partition coefficient (Wildman–Crippen LogP) is 3.46. The van der Waals surface area contributed by atoms with Gasteiger partial charge < -0.3 is 4.57 Å². The van der Waals surface area contributed by atoms with Gasteiger partial charge in [-0.15, -0.1) is 10.2 Å². The van der Waals surface area contributed by atoms with Crippen LogP contribution in [0.2, 0.25) is 0 Å². The number of aromatic nitrogens is 3. The molecule has 5 nitrogen and oxygen atoms in total. The molecule has 0 N–H and O–H groups in total. The summed E-state index contributed by atoms with van der Waals surface area (Å²) in [5, 5.41) is 18.0. The molecule has 1 atom stereocenters. The first-order valence-corrected chi connectivity index (χ1v) is 8.69. The largest absolute Gasteiger partial charge is 0.313 e. The summed E-state index contributed by atoms with van der Waals surface area (Å²) in [7, 11) is 1.79. The molecule has 2 aromatic carbocycles. The first-order chi connectivity index (χ1) is 12.7. The Hall–Kier alpha value is -3.26. The molecule has 0 amide bonds. The van der Waals surface area contributed by atoms with Gasteiger partial charge in [-0.3, -0.25) is 4.79 Å². The van der Waals surface area contributed by atoms with E-state index in [0.29, 0.717) is 17.2 Å². The number of hydrogen-bond acceptors (Lipinski definition) is 4. The van der Waals surface area contributed by atoms with E-state index in [1.165, 1.54) is 11.1 Å². The number of Topliss-reactive ketones (excluding diaryl/α,β-unsaturated/α-hetero) is 1. The lowest BCUT2D eigenvalue weighted by Gasteiger charge is -2.10. The van der Waals surface area contributed by atoms with Crippen LogP contribution in [0.5, 0.6) is 0 Å². The highest BCUT2D eigenvalue weighted by molar-refractivity contribution is 6.02. The lowest BCUT2D eigenvalue weighted by atomic mass is 9.95. The summed E-state index contributed by atoms with van der Waals surface area (Å²) >= 11 is 0. The minimum absolute atomic E-state index is 0.225. The number of carbonyl (C=O) groups excluding carboxylic acids is 1. The highest BCUT2D eigenvalue weighted by Gasteiger charge is 2.28. The van der Waals surface area contributed by atoms with Crippen molar-refractivity contribution in [1.29, 1.82) is 5.26 Å². The van der Waals surface area contributed by atoms with E-state index < -0.39 is 5.92 Å². The van der Waals surface area contributed by atoms with Crippen LogP contribution in [-0.2, 0) is 19.9 Å². The summed E-state index contributed by atoms with van der Waals surface area (Å²) in [4.78, 5) is 13.0. The van der Waals surface area contributed by atoms with Gasteiger partial charge in [-0.05, 0) is 36.5 Å². The molecule has 1 aliphatic rings. The third-order valence-corrected chi connectivity index (χ3v) is 4.97. The molecule has 0 fully saturated rings. The highest BCUT2D eigenvalue weighted by atomic mass is 16.1. The number of aryl methyl sites for hydroxylation is 2. The van der Waals surface area contributed by atoms with Crippen LogP contribution in [-0.4, -0.2) is 20.5 Å². The van der Waals surface area contributed by atoms with Crippen molar-refractivity contribution in [3.63, 3.8) is 0 Å². The SMILES string of the molecule is Cn1c(-c2ccccc2)nnc1[C@@H](C#N)C(=O)c1ccc2c(c1)CCC2. The monoisotopic (exact) mass is 342 g/mol. The van der Waals surface area contributed by atoms with E-state index in [2.05, 4.69) is 16.3 Å². The van der Waals surface area contributed by atoms with Crippen LogP contribution < -0.4 is 0 Å². The van der Waals surface area contributed by atoms with Gasteiger partial charge in [0.1, 0.15) is 0 Å². The average molecular weight is 342 g/mol. The van der Waals surface area contributed by atoms with Crippen molar-refractivity contribution in [2.24, 2.45) is 7.05 Å². The number of fused-ring (bicyclic) bond motifs is 1. The molecule has 0 radical (unpaired) electrons. The van der Waals surface area contributed by atoms with E-state index in [-0.39, 0.29) is 5.78 Å². The summed E-state index contributed by atoms with van der Waals surface area (Å²) in [6.07, 6.45) is 3.18. The van der Waals surface area contributed by atoms with E-state index in [1.807, 2.05) is 48.5 Å². The maximum Gasteiger partial charge on any atom is 0.187 e. The molecule has 0 unspecified atom stereocenters. The zero-order valence-electron chi connectivity index (χ0n) is 14.5. The summed E-state index contributed by atoms with van der Waals surface area (Å²) < 4.78 is 1.73. The predicted molar refractivity (Wildman–Crippen MR) is 97.6 cm³/mol. The lowest BCUT2D eigenvalue weighted by Crippen LogP contribution is -2.16. The van der Waals surface area contributed by atoms with Crippen LogP contribution in [0.25, 0.3) is 11.4 Å². The van der Waals surface area contributed by atoms with E-state index in [0.717, 1.165) is 24.8 Å². The average Bonchev–Trinajstić information content (AvgIpc) is 3.29. The Morgan fingerprint density at radius 1 is 1.12 bits per heavy atom. The first-order valence-electron chi connectivity index (χ1n) is 8.69. The quantitative estimate of drug-likeness (QED) is 0.681. The summed E-state index contributed by atoms with van der Waals surface area (Å²) in [5.74, 6) is -0.179. The molecule has 128 valence electrons. The second kappa shape index (κ2) is 6.57. The van der Waals surface area contributed by atoms with Crippen molar-refractivity contribution in [3.8, 4) is 17.5 Å². The van der Waals surface area contributed by atoms with E-state index in [9.17, 15) is 10.1 Å². The first kappa shape index (κ1) is 16.2. The minimum Gasteiger partial charge on any atom is -0.313 e. The Morgan fingerprint density at radius 2 is 1.88 bits per heavy atom. The Kier molecular flexibility index (Phi) is 4.10. The summed E-state index contributed by atoms with van der Waals surface area (Å²) in [6.45, 7) is 0. The molecule has 0 saturated carbocycles. The molecule has 0 saturated heterocycles. The fraction of sp³-hybridized carbons (Fsp3) is 0.238. The van der Waals surface area contributed by atoms with Gasteiger partial charge in [0.25, 0.3) is 0 Å². The maximum absolute atomic E-state index is 13.0. The third-order valence-electron chi connectivity index (χ3n) is 4.97. The topological polar surface area (TPSA) is 71.6 Å². The lowest BCUT2D eigenvalue weighted by molar-refractivity contribution is 0.0975. The Morgan fingerprint density at radius 3 is 2.65 bits per heavy atom. The number of ketones is 1. The maximum atomic E-state index is 13.0. The number of nitrogens with zero attached hydrogens (tertiary/aromatic N) is 4. The fourth-order valence-corrected chi connectivity index (χ4v) is 3.56. The standard InChI is InChI=1S/C21H18N4O/c1-25-20(15-6-3-2-4-7-15)23-24-21(25)18(13-22)19(26)17-11-10-14-8-5-9-16(14)12-17/h2-4,6-7,10-12,18H,5,8-9H2,1H3/t18-/m0/s1. The number of carbonyl (C=O) groups is 1. The van der Waals surface area contributed by atoms with Gasteiger partial charge >= 0.3 is 0 Å². The van der Waals surface area contributed by atoms with Crippen LogP contribution in [0.15, 0.2) is 48.5 Å². The van der Waals surface area contributed by atoms with Gasteiger partial charge in [0.2, 0.25) is 0 Å². The molecule has 1 heterocycles. The minimum atomic E-state index is -0.968. The molecule has 0 aliphatic heterocycles. The Bertz CT molecular complexity index is 1010. The molecule has 3 aromatic rings. The Labute approximate surface area is 151 Å². The van der Waals surface area contributed by atoms with E-state index in [1.54, 1.807) is 11.6 Å². The number of rotatable bonds is 4. The van der Waals surface area contributed by atoms with Crippen molar-refractivity contribution in [1.82, 2.24) is 14.8 Å². The molecular weight excluding hydrogens is 324 g/mol.